The summed E-state index contributed by atoms with van der Waals surface area (Å²) in [6.45, 7) is 4.90. The first-order chi connectivity index (χ1) is 7.80. The maximum absolute atomic E-state index is 3.73. The molecule has 1 N–H and O–H groups in total. The van der Waals surface area contributed by atoms with E-state index in [4.69, 9.17) is 0 Å². The number of piperazine rings is 1. The van der Waals surface area contributed by atoms with Crippen molar-refractivity contribution < 1.29 is 0 Å². The normalized spacial score (nSPS) is 36.2. The molecule has 0 aromatic rings. The number of hydrogen-bond donors (Lipinski definition) is 1. The molecule has 2 aliphatic carbocycles. The van der Waals surface area contributed by atoms with Crippen LogP contribution in [0.15, 0.2) is 0 Å². The number of nitrogens with zero attached hydrogens (tertiary/aromatic N) is 1. The lowest BCUT2D eigenvalue weighted by atomic mass is 9.89. The lowest BCUT2D eigenvalue weighted by molar-refractivity contribution is 0.00990. The van der Waals surface area contributed by atoms with Gasteiger partial charge < -0.3 is 5.32 Å². The minimum Gasteiger partial charge on any atom is -0.311 e. The fourth-order valence-corrected chi connectivity index (χ4v) is 4.27. The average Bonchev–Trinajstić information content (AvgIpc) is 2.95. The third-order valence-electron chi connectivity index (χ3n) is 5.16. The zero-order chi connectivity index (χ0) is 11.0. The van der Waals surface area contributed by atoms with Crippen LogP contribution in [0.25, 0.3) is 0 Å². The van der Waals surface area contributed by atoms with Gasteiger partial charge in [-0.05, 0) is 32.6 Å². The van der Waals surface area contributed by atoms with E-state index < -0.39 is 0 Å². The molecule has 3 aliphatic rings. The number of rotatable bonds is 1. The summed E-state index contributed by atoms with van der Waals surface area (Å²) in [5, 5.41) is 3.73. The van der Waals surface area contributed by atoms with Crippen LogP contribution in [0.3, 0.4) is 0 Å². The Hall–Kier alpha value is -0.0800. The molecule has 0 aromatic heterocycles. The van der Waals surface area contributed by atoms with Crippen LogP contribution in [0, 0.1) is 0 Å². The molecular weight excluding hydrogens is 196 g/mol. The Kier molecular flexibility index (Phi) is 2.97. The summed E-state index contributed by atoms with van der Waals surface area (Å²) in [6.07, 6.45) is 11.7. The van der Waals surface area contributed by atoms with Crippen LogP contribution in [0.4, 0.5) is 0 Å². The van der Waals surface area contributed by atoms with E-state index in [2.05, 4.69) is 17.1 Å². The van der Waals surface area contributed by atoms with Gasteiger partial charge in [-0.25, -0.2) is 0 Å². The van der Waals surface area contributed by atoms with E-state index in [1.54, 1.807) is 0 Å². The van der Waals surface area contributed by atoms with Gasteiger partial charge in [-0.15, -0.1) is 0 Å². The second-order valence-corrected chi connectivity index (χ2v) is 6.30. The molecule has 2 saturated carbocycles. The monoisotopic (exact) mass is 222 g/mol. The molecule has 1 saturated heterocycles. The van der Waals surface area contributed by atoms with Crippen LogP contribution in [0.2, 0.25) is 0 Å². The van der Waals surface area contributed by atoms with E-state index in [0.29, 0.717) is 11.6 Å². The molecule has 1 unspecified atom stereocenters. The van der Waals surface area contributed by atoms with Gasteiger partial charge in [-0.1, -0.05) is 25.7 Å². The molecule has 2 heteroatoms. The second-order valence-electron chi connectivity index (χ2n) is 6.30. The summed E-state index contributed by atoms with van der Waals surface area (Å²) in [5.41, 5.74) is 0.557. The third kappa shape index (κ3) is 1.80. The van der Waals surface area contributed by atoms with Crippen LogP contribution in [-0.4, -0.2) is 35.6 Å². The Balaban J connectivity index is 1.78. The van der Waals surface area contributed by atoms with Crippen molar-refractivity contribution in [3.8, 4) is 0 Å². The molecule has 1 heterocycles. The van der Waals surface area contributed by atoms with Crippen LogP contribution in [-0.2, 0) is 0 Å². The van der Waals surface area contributed by atoms with E-state index in [1.165, 1.54) is 64.5 Å². The second kappa shape index (κ2) is 4.30. The first-order valence-electron chi connectivity index (χ1n) is 7.30. The zero-order valence-electron chi connectivity index (χ0n) is 10.7. The molecule has 0 aromatic carbocycles. The molecule has 0 radical (unpaired) electrons. The molecular formula is C14H26N2. The molecule has 1 atom stereocenters. The van der Waals surface area contributed by atoms with E-state index in [9.17, 15) is 0 Å². The quantitative estimate of drug-likeness (QED) is 0.733. The smallest absolute Gasteiger partial charge is 0.0337 e. The highest BCUT2D eigenvalue weighted by Gasteiger charge is 2.45. The van der Waals surface area contributed by atoms with Crippen LogP contribution in [0.5, 0.6) is 0 Å². The molecule has 3 rings (SSSR count). The van der Waals surface area contributed by atoms with Gasteiger partial charge in [-0.2, -0.15) is 0 Å². The lowest BCUT2D eigenvalue weighted by Gasteiger charge is -2.50. The van der Waals surface area contributed by atoms with Crippen molar-refractivity contribution in [1.29, 1.82) is 0 Å². The minimum absolute atomic E-state index is 0.557. The summed E-state index contributed by atoms with van der Waals surface area (Å²) in [4.78, 5) is 2.92. The molecule has 16 heavy (non-hydrogen) atoms. The Morgan fingerprint density at radius 1 is 1.06 bits per heavy atom. The van der Waals surface area contributed by atoms with Gasteiger partial charge >= 0.3 is 0 Å². The molecule has 2 nitrogen and oxygen atoms in total. The fourth-order valence-electron chi connectivity index (χ4n) is 4.27. The van der Waals surface area contributed by atoms with Gasteiger partial charge in [0, 0.05) is 30.7 Å². The van der Waals surface area contributed by atoms with Crippen molar-refractivity contribution in [2.24, 2.45) is 0 Å². The van der Waals surface area contributed by atoms with Gasteiger partial charge in [0.1, 0.15) is 0 Å². The number of nitrogens with one attached hydrogen (secondary N) is 1. The van der Waals surface area contributed by atoms with E-state index in [1.807, 2.05) is 0 Å². The van der Waals surface area contributed by atoms with E-state index in [-0.39, 0.29) is 0 Å². The molecule has 1 aliphatic heterocycles. The Morgan fingerprint density at radius 2 is 1.75 bits per heavy atom. The summed E-state index contributed by atoms with van der Waals surface area (Å²) >= 11 is 0. The molecule has 3 fully saturated rings. The highest BCUT2D eigenvalue weighted by molar-refractivity contribution is 5.03. The first kappa shape index (κ1) is 11.0. The van der Waals surface area contributed by atoms with E-state index >= 15 is 0 Å². The first-order valence-corrected chi connectivity index (χ1v) is 7.30. The van der Waals surface area contributed by atoms with Crippen LogP contribution >= 0.6 is 0 Å². The maximum Gasteiger partial charge on any atom is 0.0337 e. The summed E-state index contributed by atoms with van der Waals surface area (Å²) in [5.74, 6) is 0. The predicted molar refractivity (Wildman–Crippen MR) is 67.6 cm³/mol. The minimum atomic E-state index is 0.557. The van der Waals surface area contributed by atoms with Crippen molar-refractivity contribution in [3.05, 3.63) is 0 Å². The predicted octanol–water partition coefficient (Wildman–Crippen LogP) is 2.54. The van der Waals surface area contributed by atoms with Crippen molar-refractivity contribution in [2.45, 2.75) is 75.9 Å². The van der Waals surface area contributed by atoms with Gasteiger partial charge in [0.2, 0.25) is 0 Å². The van der Waals surface area contributed by atoms with Crippen molar-refractivity contribution >= 4 is 0 Å². The lowest BCUT2D eigenvalue weighted by Crippen LogP contribution is -2.65. The third-order valence-corrected chi connectivity index (χ3v) is 5.16. The molecule has 0 bridgehead atoms. The van der Waals surface area contributed by atoms with Crippen molar-refractivity contribution in [1.82, 2.24) is 10.2 Å². The maximum atomic E-state index is 3.73. The van der Waals surface area contributed by atoms with Gasteiger partial charge in [0.25, 0.3) is 0 Å². The van der Waals surface area contributed by atoms with Gasteiger partial charge in [-0.3, -0.25) is 4.90 Å². The van der Waals surface area contributed by atoms with Gasteiger partial charge in [0.15, 0.2) is 0 Å². The largest absolute Gasteiger partial charge is 0.311 e. The van der Waals surface area contributed by atoms with Crippen molar-refractivity contribution in [3.63, 3.8) is 0 Å². The summed E-state index contributed by atoms with van der Waals surface area (Å²) in [7, 11) is 0. The highest BCUT2D eigenvalue weighted by atomic mass is 15.3. The SMILES string of the molecule is CC1CN(C2CCCC2)C2(CCCC2)CN1. The van der Waals surface area contributed by atoms with Gasteiger partial charge in [0.05, 0.1) is 0 Å². The van der Waals surface area contributed by atoms with Crippen LogP contribution in [0.1, 0.15) is 58.3 Å². The zero-order valence-corrected chi connectivity index (χ0v) is 10.7. The topological polar surface area (TPSA) is 15.3 Å². The molecule has 1 spiro atoms. The van der Waals surface area contributed by atoms with Crippen molar-refractivity contribution in [2.75, 3.05) is 13.1 Å². The molecule has 0 amide bonds. The molecule has 92 valence electrons. The summed E-state index contributed by atoms with van der Waals surface area (Å²) in [6, 6.07) is 1.62. The Labute approximate surface area is 99.8 Å². The Morgan fingerprint density at radius 3 is 2.44 bits per heavy atom. The van der Waals surface area contributed by atoms with E-state index in [0.717, 1.165) is 6.04 Å². The number of hydrogen-bond acceptors (Lipinski definition) is 2. The standard InChI is InChI=1S/C14H26N2/c1-12-10-16(13-6-2-3-7-13)14(11-15-12)8-4-5-9-14/h12-13,15H,2-11H2,1H3. The Bertz CT molecular complexity index is 239. The van der Waals surface area contributed by atoms with Crippen LogP contribution < -0.4 is 5.32 Å². The summed E-state index contributed by atoms with van der Waals surface area (Å²) < 4.78 is 0. The highest BCUT2D eigenvalue weighted by Crippen LogP contribution is 2.40. The fraction of sp³-hybridized carbons (Fsp3) is 1.00. The average molecular weight is 222 g/mol.